The average molecular weight is 472 g/mol. The van der Waals surface area contributed by atoms with E-state index in [0.717, 1.165) is 17.8 Å². The Labute approximate surface area is 204 Å². The van der Waals surface area contributed by atoms with E-state index in [0.29, 0.717) is 49.8 Å². The first-order valence-electron chi connectivity index (χ1n) is 11.9. The standard InChI is InChI=1S/C27H29N5O3/c1-19-15-24(29-20(2)28-19)30-23-10-6-9-22(16-23)25(33)31-14-12-27(17-31)18-32(26(34)35-27)13-11-21-7-4-3-5-8-21/h3-10,15-16H,11-14,17-18H2,1-2H3,(H,28,29,30)/t27-/m1/s1. The van der Waals surface area contributed by atoms with Gasteiger partial charge in [0.2, 0.25) is 0 Å². The predicted molar refractivity (Wildman–Crippen MR) is 133 cm³/mol. The Hall–Kier alpha value is -3.94. The van der Waals surface area contributed by atoms with E-state index in [-0.39, 0.29) is 12.0 Å². The molecule has 0 aliphatic carbocycles. The monoisotopic (exact) mass is 471 g/mol. The normalized spacial score (nSPS) is 19.3. The molecule has 0 radical (unpaired) electrons. The Kier molecular flexibility index (Phi) is 6.11. The predicted octanol–water partition coefficient (Wildman–Crippen LogP) is 4.12. The maximum atomic E-state index is 13.3. The van der Waals surface area contributed by atoms with Gasteiger partial charge in [-0.1, -0.05) is 36.4 Å². The van der Waals surface area contributed by atoms with Crippen LogP contribution in [0.15, 0.2) is 60.7 Å². The third kappa shape index (κ3) is 5.11. The van der Waals surface area contributed by atoms with E-state index >= 15 is 0 Å². The molecule has 8 nitrogen and oxygen atoms in total. The van der Waals surface area contributed by atoms with Crippen LogP contribution in [0.2, 0.25) is 0 Å². The number of nitrogens with one attached hydrogen (secondary N) is 1. The lowest BCUT2D eigenvalue weighted by atomic mass is 10.0. The molecule has 5 rings (SSSR count). The van der Waals surface area contributed by atoms with Crippen molar-refractivity contribution in [1.82, 2.24) is 19.8 Å². The molecule has 35 heavy (non-hydrogen) atoms. The molecule has 2 amide bonds. The zero-order valence-corrected chi connectivity index (χ0v) is 20.0. The number of aromatic nitrogens is 2. The number of aryl methyl sites for hydroxylation is 2. The topological polar surface area (TPSA) is 87.7 Å². The molecule has 0 bridgehead atoms. The fraction of sp³-hybridized carbons (Fsp3) is 0.333. The Balaban J connectivity index is 1.22. The van der Waals surface area contributed by atoms with E-state index in [1.54, 1.807) is 9.80 Å². The fourth-order valence-electron chi connectivity index (χ4n) is 4.85. The molecule has 1 aromatic heterocycles. The molecule has 0 saturated carbocycles. The van der Waals surface area contributed by atoms with Gasteiger partial charge >= 0.3 is 6.09 Å². The number of hydrogen-bond donors (Lipinski definition) is 1. The summed E-state index contributed by atoms with van der Waals surface area (Å²) in [4.78, 5) is 38.1. The van der Waals surface area contributed by atoms with Gasteiger partial charge in [0, 0.05) is 42.5 Å². The summed E-state index contributed by atoms with van der Waals surface area (Å²) >= 11 is 0. The molecule has 2 saturated heterocycles. The zero-order chi connectivity index (χ0) is 24.4. The summed E-state index contributed by atoms with van der Waals surface area (Å²) < 4.78 is 5.82. The molecule has 180 valence electrons. The Morgan fingerprint density at radius 1 is 1.06 bits per heavy atom. The molecule has 1 N–H and O–H groups in total. The highest BCUT2D eigenvalue weighted by Crippen LogP contribution is 2.33. The maximum absolute atomic E-state index is 13.3. The first-order chi connectivity index (χ1) is 16.9. The Bertz CT molecular complexity index is 1230. The van der Waals surface area contributed by atoms with Crippen molar-refractivity contribution < 1.29 is 14.3 Å². The molecule has 2 aliphatic rings. The second-order valence-electron chi connectivity index (χ2n) is 9.33. The van der Waals surface area contributed by atoms with Crippen LogP contribution in [0.4, 0.5) is 16.3 Å². The highest BCUT2D eigenvalue weighted by molar-refractivity contribution is 5.95. The third-order valence-electron chi connectivity index (χ3n) is 6.51. The highest BCUT2D eigenvalue weighted by atomic mass is 16.6. The summed E-state index contributed by atoms with van der Waals surface area (Å²) in [7, 11) is 0. The summed E-state index contributed by atoms with van der Waals surface area (Å²) in [5.74, 6) is 1.30. The molecule has 3 heterocycles. The molecule has 2 aromatic carbocycles. The number of nitrogens with zero attached hydrogens (tertiary/aromatic N) is 4. The van der Waals surface area contributed by atoms with Crippen molar-refractivity contribution in [1.29, 1.82) is 0 Å². The number of rotatable bonds is 6. The van der Waals surface area contributed by atoms with Gasteiger partial charge in [-0.25, -0.2) is 14.8 Å². The van der Waals surface area contributed by atoms with Crippen LogP contribution in [0.25, 0.3) is 0 Å². The van der Waals surface area contributed by atoms with Gasteiger partial charge in [0.05, 0.1) is 13.1 Å². The summed E-state index contributed by atoms with van der Waals surface area (Å²) in [6.45, 7) is 5.84. The minimum atomic E-state index is -0.630. The minimum absolute atomic E-state index is 0.0700. The molecule has 1 spiro atoms. The zero-order valence-electron chi connectivity index (χ0n) is 20.0. The number of ether oxygens (including phenoxy) is 1. The van der Waals surface area contributed by atoms with Gasteiger partial charge < -0.3 is 19.9 Å². The summed E-state index contributed by atoms with van der Waals surface area (Å²) in [6.07, 6.45) is 1.13. The first kappa shape index (κ1) is 22.8. The number of hydrogen-bond acceptors (Lipinski definition) is 6. The van der Waals surface area contributed by atoms with Crippen molar-refractivity contribution in [3.63, 3.8) is 0 Å². The van der Waals surface area contributed by atoms with E-state index < -0.39 is 5.60 Å². The average Bonchev–Trinajstić information content (AvgIpc) is 3.39. The van der Waals surface area contributed by atoms with Crippen LogP contribution in [-0.2, 0) is 11.2 Å². The van der Waals surface area contributed by atoms with Crippen molar-refractivity contribution in [3.05, 3.63) is 83.3 Å². The van der Waals surface area contributed by atoms with Crippen LogP contribution in [-0.4, -0.2) is 63.5 Å². The van der Waals surface area contributed by atoms with E-state index in [9.17, 15) is 9.59 Å². The summed E-state index contributed by atoms with van der Waals surface area (Å²) in [5, 5.41) is 3.26. The van der Waals surface area contributed by atoms with Crippen LogP contribution >= 0.6 is 0 Å². The molecule has 1 atom stereocenters. The van der Waals surface area contributed by atoms with Gasteiger partial charge in [-0.05, 0) is 44.0 Å². The Morgan fingerprint density at radius 3 is 2.69 bits per heavy atom. The van der Waals surface area contributed by atoms with Gasteiger partial charge in [0.15, 0.2) is 5.60 Å². The van der Waals surface area contributed by atoms with Crippen molar-refractivity contribution in [2.75, 3.05) is 31.5 Å². The van der Waals surface area contributed by atoms with Crippen LogP contribution in [0.3, 0.4) is 0 Å². The molecule has 2 aliphatic heterocycles. The van der Waals surface area contributed by atoms with Crippen molar-refractivity contribution >= 4 is 23.5 Å². The van der Waals surface area contributed by atoms with Crippen LogP contribution < -0.4 is 5.32 Å². The lowest BCUT2D eigenvalue weighted by Gasteiger charge is -2.22. The van der Waals surface area contributed by atoms with Crippen molar-refractivity contribution in [2.45, 2.75) is 32.3 Å². The SMILES string of the molecule is Cc1cc(Nc2cccc(C(=O)N3CC[C@]4(CN(CCc5ccccc5)C(=O)O4)C3)c2)nc(C)n1. The molecule has 3 aromatic rings. The van der Waals surface area contributed by atoms with Crippen molar-refractivity contribution in [3.8, 4) is 0 Å². The van der Waals surface area contributed by atoms with E-state index in [4.69, 9.17) is 4.74 Å². The summed E-state index contributed by atoms with van der Waals surface area (Å²) in [6, 6.07) is 19.3. The molecule has 2 fully saturated rings. The Morgan fingerprint density at radius 2 is 1.89 bits per heavy atom. The number of carbonyl (C=O) groups excluding carboxylic acids is 2. The third-order valence-corrected chi connectivity index (χ3v) is 6.51. The quantitative estimate of drug-likeness (QED) is 0.582. The van der Waals surface area contributed by atoms with E-state index in [2.05, 4.69) is 27.4 Å². The first-order valence-corrected chi connectivity index (χ1v) is 11.9. The number of amides is 2. The minimum Gasteiger partial charge on any atom is -0.439 e. The highest BCUT2D eigenvalue weighted by Gasteiger charge is 2.50. The van der Waals surface area contributed by atoms with Gasteiger partial charge in [-0.3, -0.25) is 4.79 Å². The largest absolute Gasteiger partial charge is 0.439 e. The van der Waals surface area contributed by atoms with Crippen LogP contribution in [0, 0.1) is 13.8 Å². The second-order valence-corrected chi connectivity index (χ2v) is 9.33. The van der Waals surface area contributed by atoms with Gasteiger partial charge in [-0.15, -0.1) is 0 Å². The van der Waals surface area contributed by atoms with Crippen LogP contribution in [0.1, 0.15) is 33.9 Å². The number of benzene rings is 2. The summed E-state index contributed by atoms with van der Waals surface area (Å²) in [5.41, 5.74) is 2.79. The molecular weight excluding hydrogens is 442 g/mol. The number of anilines is 2. The maximum Gasteiger partial charge on any atom is 0.410 e. The fourth-order valence-corrected chi connectivity index (χ4v) is 4.85. The molecule has 0 unspecified atom stereocenters. The number of likely N-dealkylation sites (tertiary alicyclic amines) is 1. The van der Waals surface area contributed by atoms with E-state index in [1.165, 1.54) is 5.56 Å². The second kappa shape index (κ2) is 9.37. The van der Waals surface area contributed by atoms with Crippen molar-refractivity contribution in [2.24, 2.45) is 0 Å². The van der Waals surface area contributed by atoms with Gasteiger partial charge in [0.1, 0.15) is 11.6 Å². The van der Waals surface area contributed by atoms with Gasteiger partial charge in [0.25, 0.3) is 5.91 Å². The lowest BCUT2D eigenvalue weighted by Crippen LogP contribution is -2.39. The van der Waals surface area contributed by atoms with Gasteiger partial charge in [-0.2, -0.15) is 0 Å². The molecular formula is C27H29N5O3. The number of carbonyl (C=O) groups is 2. The molecule has 8 heteroatoms. The van der Waals surface area contributed by atoms with E-state index in [1.807, 2.05) is 62.4 Å². The smallest absolute Gasteiger partial charge is 0.410 e. The van der Waals surface area contributed by atoms with Crippen LogP contribution in [0.5, 0.6) is 0 Å². The lowest BCUT2D eigenvalue weighted by molar-refractivity contribution is 0.0553.